The molecule has 0 amide bonds. The Morgan fingerprint density at radius 3 is 1.29 bits per heavy atom. The normalized spacial score (nSPS) is 14.0. The molecular weight excluding hydrogens is 354 g/mol. The summed E-state index contributed by atoms with van der Waals surface area (Å²) in [7, 11) is 5.25. The summed E-state index contributed by atoms with van der Waals surface area (Å²) in [5.41, 5.74) is 0. The van der Waals surface area contributed by atoms with E-state index in [0.717, 1.165) is 19.3 Å². The number of carbonyl (C=O) groups is 2. The highest BCUT2D eigenvalue weighted by Crippen LogP contribution is 2.22. The third-order valence-corrected chi connectivity index (χ3v) is 5.65. The smallest absolute Gasteiger partial charge is 0.363 e. The van der Waals surface area contributed by atoms with Crippen molar-refractivity contribution >= 4 is 11.9 Å². The van der Waals surface area contributed by atoms with Crippen molar-refractivity contribution in [3.8, 4) is 0 Å². The summed E-state index contributed by atoms with van der Waals surface area (Å²) in [6.45, 7) is 2.25. The number of carboxylic acid groups (broad SMARTS) is 2. The Morgan fingerprint density at radius 1 is 0.643 bits per heavy atom. The topological polar surface area (TPSA) is 74.6 Å². The number of hydrogen-bond donors (Lipinski definition) is 2. The van der Waals surface area contributed by atoms with Crippen molar-refractivity contribution in [1.82, 2.24) is 0 Å². The highest BCUT2D eigenvalue weighted by molar-refractivity contribution is 5.81. The van der Waals surface area contributed by atoms with Crippen molar-refractivity contribution in [1.29, 1.82) is 0 Å². The molecular formula is C23H46NO4+. The van der Waals surface area contributed by atoms with Crippen LogP contribution in [0.15, 0.2) is 0 Å². The number of unbranched alkanes of at least 4 members (excludes halogenated alkanes) is 13. The second kappa shape index (κ2) is 15.8. The van der Waals surface area contributed by atoms with E-state index in [0.29, 0.717) is 6.42 Å². The van der Waals surface area contributed by atoms with Gasteiger partial charge in [-0.25, -0.2) is 4.79 Å². The van der Waals surface area contributed by atoms with E-state index in [-0.39, 0.29) is 4.48 Å². The van der Waals surface area contributed by atoms with Gasteiger partial charge in [0.2, 0.25) is 0 Å². The van der Waals surface area contributed by atoms with Gasteiger partial charge in [0.15, 0.2) is 6.04 Å². The van der Waals surface area contributed by atoms with Crippen LogP contribution in [0, 0.1) is 5.92 Å². The Labute approximate surface area is 173 Å². The molecule has 5 heteroatoms. The maximum absolute atomic E-state index is 11.6. The molecule has 0 saturated heterocycles. The average Bonchev–Trinajstić information content (AvgIpc) is 2.59. The van der Waals surface area contributed by atoms with Gasteiger partial charge in [-0.05, 0) is 6.42 Å². The van der Waals surface area contributed by atoms with E-state index in [9.17, 15) is 19.8 Å². The summed E-state index contributed by atoms with van der Waals surface area (Å²) >= 11 is 0. The van der Waals surface area contributed by atoms with E-state index >= 15 is 0 Å². The molecule has 0 aliphatic heterocycles. The average molecular weight is 401 g/mol. The van der Waals surface area contributed by atoms with Crippen molar-refractivity contribution < 1.29 is 24.3 Å². The van der Waals surface area contributed by atoms with Crippen molar-refractivity contribution in [3.05, 3.63) is 0 Å². The molecule has 2 N–H and O–H groups in total. The lowest BCUT2D eigenvalue weighted by Gasteiger charge is -2.34. The molecule has 0 aromatic carbocycles. The lowest BCUT2D eigenvalue weighted by molar-refractivity contribution is -0.890. The van der Waals surface area contributed by atoms with Crippen LogP contribution >= 0.6 is 0 Å². The Hall–Kier alpha value is -1.10. The van der Waals surface area contributed by atoms with E-state index in [1.165, 1.54) is 70.6 Å². The van der Waals surface area contributed by atoms with Gasteiger partial charge in [0.05, 0.1) is 21.1 Å². The predicted molar refractivity (Wildman–Crippen MR) is 116 cm³/mol. The maximum Gasteiger partial charge on any atom is 0.363 e. The first-order valence-electron chi connectivity index (χ1n) is 11.5. The van der Waals surface area contributed by atoms with Gasteiger partial charge in [-0.1, -0.05) is 96.8 Å². The number of rotatable bonds is 19. The standard InChI is InChI=1S/C23H45NO4/c1-5-6-7-8-9-10-11-12-13-14-15-16-17-18-19-20(22(25)26)21(23(27)28)24(2,3)4/h20-21H,5-19H2,1-4H3,(H-,25,26,27,28)/p+1. The second-order valence-electron chi connectivity index (χ2n) is 9.23. The van der Waals surface area contributed by atoms with Gasteiger partial charge < -0.3 is 14.7 Å². The molecule has 28 heavy (non-hydrogen) atoms. The summed E-state index contributed by atoms with van der Waals surface area (Å²) in [5.74, 6) is -2.84. The number of carboxylic acids is 2. The molecule has 0 aliphatic rings. The molecule has 0 saturated carbocycles. The molecule has 166 valence electrons. The first-order chi connectivity index (χ1) is 13.2. The van der Waals surface area contributed by atoms with Gasteiger partial charge in [-0.15, -0.1) is 0 Å². The van der Waals surface area contributed by atoms with Gasteiger partial charge >= 0.3 is 11.9 Å². The van der Waals surface area contributed by atoms with Crippen LogP contribution in [-0.2, 0) is 9.59 Å². The van der Waals surface area contributed by atoms with Gasteiger partial charge in [-0.2, -0.15) is 0 Å². The fourth-order valence-electron chi connectivity index (χ4n) is 4.02. The third kappa shape index (κ3) is 13.1. The van der Waals surface area contributed by atoms with Crippen LogP contribution in [0.5, 0.6) is 0 Å². The molecule has 0 spiro atoms. The Morgan fingerprint density at radius 2 is 1.00 bits per heavy atom. The van der Waals surface area contributed by atoms with Crippen LogP contribution in [0.1, 0.15) is 103 Å². The summed E-state index contributed by atoms with van der Waals surface area (Å²) in [5, 5.41) is 19.0. The molecule has 2 unspecified atom stereocenters. The molecule has 0 bridgehead atoms. The van der Waals surface area contributed by atoms with E-state index in [4.69, 9.17) is 0 Å². The number of nitrogens with zero attached hydrogens (tertiary/aromatic N) is 1. The zero-order valence-corrected chi connectivity index (χ0v) is 18.9. The minimum atomic E-state index is -1.02. The van der Waals surface area contributed by atoms with Gasteiger partial charge in [0.1, 0.15) is 5.92 Å². The Bertz CT molecular complexity index is 417. The van der Waals surface area contributed by atoms with Crippen LogP contribution < -0.4 is 0 Å². The zero-order valence-electron chi connectivity index (χ0n) is 18.9. The molecule has 5 nitrogen and oxygen atoms in total. The first kappa shape index (κ1) is 26.9. The van der Waals surface area contributed by atoms with Crippen molar-refractivity contribution in [2.45, 2.75) is 109 Å². The summed E-state index contributed by atoms with van der Waals surface area (Å²) in [6.07, 6.45) is 18.0. The Kier molecular flexibility index (Phi) is 15.2. The summed E-state index contributed by atoms with van der Waals surface area (Å²) in [4.78, 5) is 23.1. The minimum absolute atomic E-state index is 0.130. The molecule has 0 rings (SSSR count). The number of aliphatic carboxylic acids is 2. The molecule has 0 aromatic rings. The van der Waals surface area contributed by atoms with E-state index in [2.05, 4.69) is 6.92 Å². The number of quaternary nitrogens is 1. The zero-order chi connectivity index (χ0) is 21.4. The third-order valence-electron chi connectivity index (χ3n) is 5.65. The highest BCUT2D eigenvalue weighted by Gasteiger charge is 2.42. The molecule has 0 aromatic heterocycles. The summed E-state index contributed by atoms with van der Waals surface area (Å²) in [6, 6.07) is -0.903. The quantitative estimate of drug-likeness (QED) is 0.215. The molecule has 0 radical (unpaired) electrons. The van der Waals surface area contributed by atoms with Crippen LogP contribution in [0.3, 0.4) is 0 Å². The summed E-state index contributed by atoms with van der Waals surface area (Å²) < 4.78 is 0.130. The van der Waals surface area contributed by atoms with Crippen molar-refractivity contribution in [3.63, 3.8) is 0 Å². The lowest BCUT2D eigenvalue weighted by Crippen LogP contribution is -2.55. The van der Waals surface area contributed by atoms with Crippen molar-refractivity contribution in [2.24, 2.45) is 5.92 Å². The van der Waals surface area contributed by atoms with Crippen LogP contribution in [-0.4, -0.2) is 53.8 Å². The molecule has 0 fully saturated rings. The molecule has 0 aliphatic carbocycles. The largest absolute Gasteiger partial charge is 0.481 e. The number of likely N-dealkylation sites (N-methyl/N-ethyl adjacent to an activating group) is 1. The van der Waals surface area contributed by atoms with E-state index in [1.54, 1.807) is 21.1 Å². The number of hydrogen-bond acceptors (Lipinski definition) is 2. The van der Waals surface area contributed by atoms with Crippen LogP contribution in [0.2, 0.25) is 0 Å². The molecule has 0 heterocycles. The van der Waals surface area contributed by atoms with Crippen LogP contribution in [0.25, 0.3) is 0 Å². The fourth-order valence-corrected chi connectivity index (χ4v) is 4.02. The fraction of sp³-hybridized carbons (Fsp3) is 0.913. The molecule has 2 atom stereocenters. The Balaban J connectivity index is 3.79. The highest BCUT2D eigenvalue weighted by atomic mass is 16.4. The first-order valence-corrected chi connectivity index (χ1v) is 11.5. The van der Waals surface area contributed by atoms with Gasteiger partial charge in [-0.3, -0.25) is 4.79 Å². The van der Waals surface area contributed by atoms with E-state index in [1.807, 2.05) is 0 Å². The van der Waals surface area contributed by atoms with Gasteiger partial charge in [0, 0.05) is 0 Å². The minimum Gasteiger partial charge on any atom is -0.481 e. The lowest BCUT2D eigenvalue weighted by atomic mass is 9.91. The van der Waals surface area contributed by atoms with Crippen molar-refractivity contribution in [2.75, 3.05) is 21.1 Å². The monoisotopic (exact) mass is 400 g/mol. The second-order valence-corrected chi connectivity index (χ2v) is 9.23. The van der Waals surface area contributed by atoms with Gasteiger partial charge in [0.25, 0.3) is 0 Å². The predicted octanol–water partition coefficient (Wildman–Crippen LogP) is 5.72. The van der Waals surface area contributed by atoms with E-state index < -0.39 is 23.9 Å². The SMILES string of the molecule is CCCCCCCCCCCCCCCCC(C(=O)O)C(C(=O)O)[N+](C)(C)C. The maximum atomic E-state index is 11.6. The van der Waals surface area contributed by atoms with Crippen LogP contribution in [0.4, 0.5) is 0 Å².